The Labute approximate surface area is 163 Å². The molecule has 0 bridgehead atoms. The first kappa shape index (κ1) is 18.8. The summed E-state index contributed by atoms with van der Waals surface area (Å²) in [7, 11) is 0. The van der Waals surface area contributed by atoms with Crippen molar-refractivity contribution >= 4 is 43.5 Å². The summed E-state index contributed by atoms with van der Waals surface area (Å²) in [6, 6.07) is 7.87. The van der Waals surface area contributed by atoms with Crippen molar-refractivity contribution in [2.45, 2.75) is 33.2 Å². The summed E-state index contributed by atoms with van der Waals surface area (Å²) < 4.78 is 7.40. The van der Waals surface area contributed by atoms with E-state index in [9.17, 15) is 9.59 Å². The highest BCUT2D eigenvalue weighted by Crippen LogP contribution is 2.36. The number of carbonyl (C=O) groups excluding carboxylic acids is 1. The Morgan fingerprint density at radius 3 is 2.65 bits per heavy atom. The van der Waals surface area contributed by atoms with Crippen LogP contribution in [0, 0.1) is 0 Å². The topological polar surface area (TPSA) is 61.2 Å². The molecular weight excluding hydrogens is 416 g/mol. The molecule has 26 heavy (non-hydrogen) atoms. The molecule has 136 valence electrons. The van der Waals surface area contributed by atoms with Crippen LogP contribution in [0.25, 0.3) is 21.3 Å². The maximum atomic E-state index is 13.0. The zero-order valence-electron chi connectivity index (χ0n) is 14.6. The van der Waals surface area contributed by atoms with Crippen LogP contribution >= 0.6 is 27.3 Å². The van der Waals surface area contributed by atoms with Crippen molar-refractivity contribution in [2.24, 2.45) is 0 Å². The number of nitrogens with zero attached hydrogens (tertiary/aromatic N) is 2. The molecule has 0 saturated heterocycles. The van der Waals surface area contributed by atoms with Crippen molar-refractivity contribution in [3.05, 3.63) is 50.3 Å². The van der Waals surface area contributed by atoms with E-state index in [0.717, 1.165) is 33.3 Å². The number of hydrogen-bond donors (Lipinski definition) is 0. The van der Waals surface area contributed by atoms with E-state index in [0.29, 0.717) is 16.8 Å². The predicted octanol–water partition coefficient (Wildman–Crippen LogP) is 4.40. The second-order valence-electron chi connectivity index (χ2n) is 5.84. The smallest absolute Gasteiger partial charge is 0.326 e. The molecule has 2 aromatic heterocycles. The number of benzene rings is 1. The summed E-state index contributed by atoms with van der Waals surface area (Å²) in [5.41, 5.74) is 1.67. The van der Waals surface area contributed by atoms with Crippen molar-refractivity contribution < 1.29 is 9.53 Å². The zero-order valence-corrected chi connectivity index (χ0v) is 17.0. The molecule has 1 aromatic carbocycles. The van der Waals surface area contributed by atoms with Gasteiger partial charge in [0.2, 0.25) is 0 Å². The molecular formula is C19H19BrN2O3S. The minimum Gasteiger partial charge on any atom is -0.464 e. The van der Waals surface area contributed by atoms with Crippen molar-refractivity contribution in [1.82, 2.24) is 9.55 Å². The predicted molar refractivity (Wildman–Crippen MR) is 108 cm³/mol. The molecule has 0 N–H and O–H groups in total. The summed E-state index contributed by atoms with van der Waals surface area (Å²) in [4.78, 5) is 31.2. The average Bonchev–Trinajstić information content (AvgIpc) is 3.02. The fourth-order valence-electron chi connectivity index (χ4n) is 2.76. The average molecular weight is 435 g/mol. The minimum absolute atomic E-state index is 0.126. The number of ether oxygens (including phenoxy) is 1. The maximum absolute atomic E-state index is 13.0. The van der Waals surface area contributed by atoms with E-state index in [1.807, 2.05) is 31.2 Å². The van der Waals surface area contributed by atoms with Crippen LogP contribution in [0.15, 0.2) is 39.9 Å². The summed E-state index contributed by atoms with van der Waals surface area (Å²) in [6.07, 6.45) is 2.99. The fourth-order valence-corrected chi connectivity index (χ4v) is 4.11. The lowest BCUT2D eigenvalue weighted by Gasteiger charge is -2.07. The van der Waals surface area contributed by atoms with E-state index >= 15 is 0 Å². The molecule has 3 rings (SSSR count). The van der Waals surface area contributed by atoms with Gasteiger partial charge in [-0.2, -0.15) is 0 Å². The van der Waals surface area contributed by atoms with Gasteiger partial charge in [0.05, 0.1) is 18.3 Å². The first-order valence-electron chi connectivity index (χ1n) is 8.47. The standard InChI is InChI=1S/C19H19BrN2O3S/c1-3-9-25-15(23)10-22-11-21-18-17(19(22)24)16(14(4-2)26-18)12-5-7-13(20)8-6-12/h5-8,11H,3-4,9-10H2,1-2H3. The molecule has 0 fully saturated rings. The van der Waals surface area contributed by atoms with Crippen LogP contribution in [0.4, 0.5) is 0 Å². The number of thiophene rings is 1. The van der Waals surface area contributed by atoms with Crippen molar-refractivity contribution in [3.8, 4) is 11.1 Å². The van der Waals surface area contributed by atoms with Crippen molar-refractivity contribution in [3.63, 3.8) is 0 Å². The SMILES string of the molecule is CCCOC(=O)Cn1cnc2sc(CC)c(-c3ccc(Br)cc3)c2c1=O. The van der Waals surface area contributed by atoms with Gasteiger partial charge in [0.15, 0.2) is 0 Å². The van der Waals surface area contributed by atoms with Gasteiger partial charge in [0.1, 0.15) is 11.4 Å². The molecule has 0 aliphatic carbocycles. The Hall–Kier alpha value is -1.99. The van der Waals surface area contributed by atoms with Crippen molar-refractivity contribution in [1.29, 1.82) is 0 Å². The number of aromatic nitrogens is 2. The molecule has 2 heterocycles. The molecule has 0 spiro atoms. The van der Waals surface area contributed by atoms with Crippen LogP contribution in [0.2, 0.25) is 0 Å². The van der Waals surface area contributed by atoms with Gasteiger partial charge in [-0.3, -0.25) is 14.2 Å². The molecule has 5 nitrogen and oxygen atoms in total. The molecule has 0 aliphatic rings. The van der Waals surface area contributed by atoms with Gasteiger partial charge in [-0.1, -0.05) is 41.9 Å². The van der Waals surface area contributed by atoms with E-state index in [4.69, 9.17) is 4.74 Å². The number of esters is 1. The number of aryl methyl sites for hydroxylation is 1. The third-order valence-corrected chi connectivity index (χ3v) is 5.74. The number of fused-ring (bicyclic) bond motifs is 1. The lowest BCUT2D eigenvalue weighted by Crippen LogP contribution is -2.25. The molecule has 3 aromatic rings. The van der Waals surface area contributed by atoms with Crippen LogP contribution in [0.3, 0.4) is 0 Å². The van der Waals surface area contributed by atoms with E-state index in [1.165, 1.54) is 22.2 Å². The van der Waals surface area contributed by atoms with Gasteiger partial charge in [0.25, 0.3) is 5.56 Å². The third-order valence-electron chi connectivity index (χ3n) is 3.97. The van der Waals surface area contributed by atoms with Gasteiger partial charge in [-0.05, 0) is 30.5 Å². The zero-order chi connectivity index (χ0) is 18.7. The highest BCUT2D eigenvalue weighted by Gasteiger charge is 2.19. The Kier molecular flexibility index (Phi) is 5.88. The largest absolute Gasteiger partial charge is 0.464 e. The number of halogens is 1. The van der Waals surface area contributed by atoms with Gasteiger partial charge in [-0.15, -0.1) is 11.3 Å². The number of rotatable bonds is 6. The monoisotopic (exact) mass is 434 g/mol. The van der Waals surface area contributed by atoms with Gasteiger partial charge >= 0.3 is 5.97 Å². The Morgan fingerprint density at radius 1 is 1.27 bits per heavy atom. The van der Waals surface area contributed by atoms with Crippen molar-refractivity contribution in [2.75, 3.05) is 6.61 Å². The Balaban J connectivity index is 2.11. The van der Waals surface area contributed by atoms with Crippen LogP contribution < -0.4 is 5.56 Å². The van der Waals surface area contributed by atoms with Crippen LogP contribution in [-0.4, -0.2) is 22.1 Å². The minimum atomic E-state index is -0.425. The molecule has 0 atom stereocenters. The Morgan fingerprint density at radius 2 is 2.00 bits per heavy atom. The van der Waals surface area contributed by atoms with Crippen LogP contribution in [0.1, 0.15) is 25.1 Å². The van der Waals surface area contributed by atoms with Crippen LogP contribution in [-0.2, 0) is 22.5 Å². The summed E-state index contributed by atoms with van der Waals surface area (Å²) in [6.45, 7) is 4.22. The number of carbonyl (C=O) groups is 1. The summed E-state index contributed by atoms with van der Waals surface area (Å²) >= 11 is 4.97. The Bertz CT molecular complexity index is 992. The second-order valence-corrected chi connectivity index (χ2v) is 7.84. The summed E-state index contributed by atoms with van der Waals surface area (Å²) in [5.74, 6) is -0.425. The fraction of sp³-hybridized carbons (Fsp3) is 0.316. The highest BCUT2D eigenvalue weighted by atomic mass is 79.9. The molecule has 0 radical (unpaired) electrons. The first-order valence-corrected chi connectivity index (χ1v) is 10.1. The normalized spacial score (nSPS) is 11.0. The molecule has 0 saturated carbocycles. The van der Waals surface area contributed by atoms with E-state index in [-0.39, 0.29) is 12.1 Å². The van der Waals surface area contributed by atoms with Crippen LogP contribution in [0.5, 0.6) is 0 Å². The summed E-state index contributed by atoms with van der Waals surface area (Å²) in [5, 5.41) is 0.569. The van der Waals surface area contributed by atoms with Gasteiger partial charge < -0.3 is 4.74 Å². The van der Waals surface area contributed by atoms with E-state index < -0.39 is 5.97 Å². The highest BCUT2D eigenvalue weighted by molar-refractivity contribution is 9.10. The molecule has 0 unspecified atom stereocenters. The lowest BCUT2D eigenvalue weighted by molar-refractivity contribution is -0.144. The second kappa shape index (κ2) is 8.14. The molecule has 0 aliphatic heterocycles. The molecule has 0 amide bonds. The first-order chi connectivity index (χ1) is 12.5. The number of hydrogen-bond acceptors (Lipinski definition) is 5. The van der Waals surface area contributed by atoms with Gasteiger partial charge in [0, 0.05) is 14.9 Å². The maximum Gasteiger partial charge on any atom is 0.326 e. The quantitative estimate of drug-likeness (QED) is 0.539. The van der Waals surface area contributed by atoms with Gasteiger partial charge in [-0.25, -0.2) is 4.98 Å². The van der Waals surface area contributed by atoms with E-state index in [2.05, 4.69) is 27.8 Å². The van der Waals surface area contributed by atoms with E-state index in [1.54, 1.807) is 0 Å². The lowest BCUT2D eigenvalue weighted by atomic mass is 10.0. The molecule has 7 heteroatoms. The third kappa shape index (κ3) is 3.73.